The molecule has 1 aromatic heterocycles. The number of amides is 1. The van der Waals surface area contributed by atoms with Crippen molar-refractivity contribution in [2.75, 3.05) is 6.54 Å². The lowest BCUT2D eigenvalue weighted by Crippen LogP contribution is -2.29. The molecule has 0 saturated carbocycles. The van der Waals surface area contributed by atoms with Crippen LogP contribution in [0, 0.1) is 29.9 Å². The van der Waals surface area contributed by atoms with Crippen molar-refractivity contribution < 1.29 is 9.72 Å². The summed E-state index contributed by atoms with van der Waals surface area (Å²) in [5, 5.41) is 17.6. The van der Waals surface area contributed by atoms with Crippen molar-refractivity contribution in [3.63, 3.8) is 0 Å². The molecule has 1 rings (SSSR count). The van der Waals surface area contributed by atoms with Crippen LogP contribution in [-0.2, 0) is 11.3 Å². The summed E-state index contributed by atoms with van der Waals surface area (Å²) in [4.78, 5) is 22.1. The van der Waals surface area contributed by atoms with Gasteiger partial charge in [-0.1, -0.05) is 13.8 Å². The molecule has 106 valence electrons. The normalized spacial score (nSPS) is 10.8. The summed E-state index contributed by atoms with van der Waals surface area (Å²) in [5.41, 5.74) is 0.717. The second kappa shape index (κ2) is 6.31. The van der Waals surface area contributed by atoms with Crippen LogP contribution in [0.3, 0.4) is 0 Å². The third-order valence-corrected chi connectivity index (χ3v) is 2.86. The molecule has 0 unspecified atom stereocenters. The van der Waals surface area contributed by atoms with Gasteiger partial charge < -0.3 is 5.32 Å². The maximum Gasteiger partial charge on any atom is 0.312 e. The molecule has 0 bridgehead atoms. The first-order valence-corrected chi connectivity index (χ1v) is 6.28. The summed E-state index contributed by atoms with van der Waals surface area (Å²) in [7, 11) is 0. The number of carbonyl (C=O) groups is 1. The molecule has 0 atom stereocenters. The van der Waals surface area contributed by atoms with E-state index in [1.807, 2.05) is 0 Å². The van der Waals surface area contributed by atoms with Gasteiger partial charge in [-0.05, 0) is 26.2 Å². The van der Waals surface area contributed by atoms with Crippen molar-refractivity contribution in [3.05, 3.63) is 21.5 Å². The van der Waals surface area contributed by atoms with E-state index in [1.54, 1.807) is 13.8 Å². The number of nitrogens with zero attached hydrogens (tertiary/aromatic N) is 3. The maximum atomic E-state index is 11.7. The molecule has 0 fully saturated rings. The molecule has 0 aliphatic rings. The van der Waals surface area contributed by atoms with Gasteiger partial charge in [-0.3, -0.25) is 19.6 Å². The van der Waals surface area contributed by atoms with Crippen LogP contribution in [0.5, 0.6) is 0 Å². The van der Waals surface area contributed by atoms with Crippen LogP contribution >= 0.6 is 0 Å². The number of hydrogen-bond donors (Lipinski definition) is 1. The van der Waals surface area contributed by atoms with E-state index in [4.69, 9.17) is 0 Å². The lowest BCUT2D eigenvalue weighted by atomic mass is 10.1. The SMILES string of the molecule is Cc1nn(CC(=O)NCCC(C)C)c(C)c1[N+](=O)[O-]. The Balaban J connectivity index is 2.65. The predicted molar refractivity (Wildman–Crippen MR) is 70.8 cm³/mol. The van der Waals surface area contributed by atoms with E-state index in [1.165, 1.54) is 4.68 Å². The Bertz CT molecular complexity index is 480. The molecule has 0 aliphatic heterocycles. The molecule has 0 saturated heterocycles. The molecule has 0 radical (unpaired) electrons. The van der Waals surface area contributed by atoms with Crippen molar-refractivity contribution >= 4 is 11.6 Å². The Kier molecular flexibility index (Phi) is 5.02. The van der Waals surface area contributed by atoms with E-state index in [0.717, 1.165) is 6.42 Å². The molecule has 0 spiro atoms. The largest absolute Gasteiger partial charge is 0.354 e. The van der Waals surface area contributed by atoms with Gasteiger partial charge in [0.05, 0.1) is 4.92 Å². The minimum Gasteiger partial charge on any atom is -0.354 e. The molecule has 1 N–H and O–H groups in total. The topological polar surface area (TPSA) is 90.1 Å². The fourth-order valence-corrected chi connectivity index (χ4v) is 1.80. The van der Waals surface area contributed by atoms with Crippen molar-refractivity contribution in [2.24, 2.45) is 5.92 Å². The van der Waals surface area contributed by atoms with Gasteiger partial charge in [0.25, 0.3) is 0 Å². The van der Waals surface area contributed by atoms with E-state index in [0.29, 0.717) is 23.9 Å². The van der Waals surface area contributed by atoms with Crippen LogP contribution in [0.2, 0.25) is 0 Å². The second-order valence-corrected chi connectivity index (χ2v) is 4.97. The van der Waals surface area contributed by atoms with E-state index < -0.39 is 4.92 Å². The fraction of sp³-hybridized carbons (Fsp3) is 0.667. The van der Waals surface area contributed by atoms with Crippen LogP contribution < -0.4 is 5.32 Å². The van der Waals surface area contributed by atoms with Gasteiger partial charge in [0.1, 0.15) is 17.9 Å². The van der Waals surface area contributed by atoms with E-state index >= 15 is 0 Å². The highest BCUT2D eigenvalue weighted by Gasteiger charge is 2.22. The Morgan fingerprint density at radius 1 is 1.47 bits per heavy atom. The fourth-order valence-electron chi connectivity index (χ4n) is 1.80. The third-order valence-electron chi connectivity index (χ3n) is 2.86. The van der Waals surface area contributed by atoms with Crippen LogP contribution in [0.15, 0.2) is 0 Å². The zero-order valence-corrected chi connectivity index (χ0v) is 11.8. The molecule has 19 heavy (non-hydrogen) atoms. The molecule has 7 nitrogen and oxygen atoms in total. The average Bonchev–Trinajstić information content (AvgIpc) is 2.53. The number of carbonyl (C=O) groups excluding carboxylic acids is 1. The first-order chi connectivity index (χ1) is 8.82. The van der Waals surface area contributed by atoms with Gasteiger partial charge in [-0.15, -0.1) is 0 Å². The minimum atomic E-state index is -0.467. The number of hydrogen-bond acceptors (Lipinski definition) is 4. The number of aromatic nitrogens is 2. The minimum absolute atomic E-state index is 0.0125. The highest BCUT2D eigenvalue weighted by molar-refractivity contribution is 5.75. The lowest BCUT2D eigenvalue weighted by Gasteiger charge is -2.07. The smallest absolute Gasteiger partial charge is 0.312 e. The maximum absolute atomic E-state index is 11.7. The molecule has 0 aliphatic carbocycles. The van der Waals surface area contributed by atoms with Gasteiger partial charge in [-0.25, -0.2) is 0 Å². The summed E-state index contributed by atoms with van der Waals surface area (Å²) in [6.07, 6.45) is 0.906. The lowest BCUT2D eigenvalue weighted by molar-refractivity contribution is -0.386. The van der Waals surface area contributed by atoms with E-state index in [-0.39, 0.29) is 18.1 Å². The van der Waals surface area contributed by atoms with Crippen LogP contribution in [0.1, 0.15) is 31.7 Å². The summed E-state index contributed by atoms with van der Waals surface area (Å²) < 4.78 is 1.37. The number of nitrogens with one attached hydrogen (secondary N) is 1. The van der Waals surface area contributed by atoms with Crippen molar-refractivity contribution in [1.82, 2.24) is 15.1 Å². The second-order valence-electron chi connectivity index (χ2n) is 4.97. The van der Waals surface area contributed by atoms with Crippen LogP contribution in [0.25, 0.3) is 0 Å². The Labute approximate surface area is 112 Å². The van der Waals surface area contributed by atoms with Crippen LogP contribution in [-0.4, -0.2) is 27.2 Å². The van der Waals surface area contributed by atoms with Crippen molar-refractivity contribution in [1.29, 1.82) is 0 Å². The summed E-state index contributed by atoms with van der Waals surface area (Å²) in [5.74, 6) is 0.344. The average molecular weight is 268 g/mol. The first-order valence-electron chi connectivity index (χ1n) is 6.28. The van der Waals surface area contributed by atoms with Crippen molar-refractivity contribution in [2.45, 2.75) is 40.7 Å². The highest BCUT2D eigenvalue weighted by Crippen LogP contribution is 2.21. The number of nitro groups is 1. The molecule has 1 amide bonds. The monoisotopic (exact) mass is 268 g/mol. The number of rotatable bonds is 6. The van der Waals surface area contributed by atoms with E-state index in [2.05, 4.69) is 24.3 Å². The predicted octanol–water partition coefficient (Wildman–Crippen LogP) is 1.57. The van der Waals surface area contributed by atoms with Gasteiger partial charge >= 0.3 is 5.69 Å². The summed E-state index contributed by atoms with van der Waals surface area (Å²) in [6, 6.07) is 0. The zero-order valence-electron chi connectivity index (χ0n) is 11.8. The standard InChI is InChI=1S/C12H20N4O3/c1-8(2)5-6-13-11(17)7-15-10(4)12(16(18)19)9(3)14-15/h8H,5-7H2,1-4H3,(H,13,17). The van der Waals surface area contributed by atoms with Gasteiger partial charge in [-0.2, -0.15) is 5.10 Å². The van der Waals surface area contributed by atoms with Gasteiger partial charge in [0.15, 0.2) is 0 Å². The zero-order chi connectivity index (χ0) is 14.6. The Morgan fingerprint density at radius 2 is 2.11 bits per heavy atom. The van der Waals surface area contributed by atoms with Gasteiger partial charge in [0.2, 0.25) is 5.91 Å². The Morgan fingerprint density at radius 3 is 2.58 bits per heavy atom. The van der Waals surface area contributed by atoms with Crippen LogP contribution in [0.4, 0.5) is 5.69 Å². The highest BCUT2D eigenvalue weighted by atomic mass is 16.6. The molecule has 0 aromatic carbocycles. The third kappa shape index (κ3) is 4.04. The van der Waals surface area contributed by atoms with Crippen molar-refractivity contribution in [3.8, 4) is 0 Å². The molecule has 7 heteroatoms. The first kappa shape index (κ1) is 15.1. The Hall–Kier alpha value is -1.92. The number of aryl methyl sites for hydroxylation is 1. The molecular formula is C12H20N4O3. The molecule has 1 heterocycles. The quantitative estimate of drug-likeness (QED) is 0.626. The molecular weight excluding hydrogens is 248 g/mol. The summed E-state index contributed by atoms with van der Waals surface area (Å²) >= 11 is 0. The van der Waals surface area contributed by atoms with E-state index in [9.17, 15) is 14.9 Å². The molecule has 1 aromatic rings. The summed E-state index contributed by atoms with van der Waals surface area (Å²) in [6.45, 7) is 7.95. The van der Waals surface area contributed by atoms with Gasteiger partial charge in [0, 0.05) is 6.54 Å².